The number of rotatable bonds is 6. The molecule has 1 rings (SSSR count). The van der Waals surface area contributed by atoms with E-state index in [1.165, 1.54) is 12.8 Å². The molecule has 0 saturated carbocycles. The lowest BCUT2D eigenvalue weighted by Gasteiger charge is -2.27. The van der Waals surface area contributed by atoms with Crippen LogP contribution in [0, 0.1) is 11.8 Å². The lowest BCUT2D eigenvalue weighted by Crippen LogP contribution is -2.44. The molecule has 0 bridgehead atoms. The predicted molar refractivity (Wildman–Crippen MR) is 75.0 cm³/mol. The first-order chi connectivity index (χ1) is 8.97. The molecule has 1 aliphatic rings. The lowest BCUT2D eigenvalue weighted by molar-refractivity contribution is -0.133. The number of hydrogen-bond donors (Lipinski definition) is 2. The van der Waals surface area contributed by atoms with Crippen LogP contribution >= 0.6 is 0 Å². The Morgan fingerprint density at radius 2 is 2.00 bits per heavy atom. The van der Waals surface area contributed by atoms with Gasteiger partial charge in [0.05, 0.1) is 0 Å². The van der Waals surface area contributed by atoms with E-state index in [0.29, 0.717) is 6.54 Å². The number of likely N-dealkylation sites (tertiary alicyclic amines) is 1. The van der Waals surface area contributed by atoms with Crippen LogP contribution < -0.4 is 5.73 Å². The number of oxime groups is 1. The van der Waals surface area contributed by atoms with E-state index in [4.69, 9.17) is 10.9 Å². The van der Waals surface area contributed by atoms with E-state index in [1.54, 1.807) is 11.9 Å². The second-order valence-electron chi connectivity index (χ2n) is 5.56. The molecule has 1 atom stereocenters. The van der Waals surface area contributed by atoms with E-state index < -0.39 is 5.92 Å². The first kappa shape index (κ1) is 15.8. The van der Waals surface area contributed by atoms with Crippen LogP contribution in [-0.2, 0) is 4.79 Å². The molecule has 6 heteroatoms. The maximum atomic E-state index is 12.3. The Morgan fingerprint density at radius 1 is 1.42 bits per heavy atom. The molecule has 0 radical (unpaired) electrons. The van der Waals surface area contributed by atoms with Crippen LogP contribution in [0.3, 0.4) is 0 Å². The SMILES string of the molecule is CC(C)C(C(=O)N(C)CCN1CCCC1)C(N)=NO. The molecule has 1 fully saturated rings. The van der Waals surface area contributed by atoms with Gasteiger partial charge in [-0.25, -0.2) is 0 Å². The Hall–Kier alpha value is -1.30. The molecule has 6 nitrogen and oxygen atoms in total. The van der Waals surface area contributed by atoms with Gasteiger partial charge in [-0.1, -0.05) is 19.0 Å². The van der Waals surface area contributed by atoms with Crippen molar-refractivity contribution in [2.24, 2.45) is 22.7 Å². The highest BCUT2D eigenvalue weighted by Crippen LogP contribution is 2.14. The zero-order chi connectivity index (χ0) is 14.4. The fourth-order valence-corrected chi connectivity index (χ4v) is 2.46. The molecule has 110 valence electrons. The van der Waals surface area contributed by atoms with Gasteiger partial charge in [-0.15, -0.1) is 0 Å². The monoisotopic (exact) mass is 270 g/mol. The minimum absolute atomic E-state index is 0.00646. The molecular weight excluding hydrogens is 244 g/mol. The largest absolute Gasteiger partial charge is 0.409 e. The summed E-state index contributed by atoms with van der Waals surface area (Å²) in [5.41, 5.74) is 5.62. The third-order valence-corrected chi connectivity index (χ3v) is 3.69. The summed E-state index contributed by atoms with van der Waals surface area (Å²) < 4.78 is 0. The number of amidine groups is 1. The van der Waals surface area contributed by atoms with Crippen molar-refractivity contribution in [3.05, 3.63) is 0 Å². The van der Waals surface area contributed by atoms with E-state index in [-0.39, 0.29) is 17.7 Å². The summed E-state index contributed by atoms with van der Waals surface area (Å²) >= 11 is 0. The van der Waals surface area contributed by atoms with Crippen molar-refractivity contribution >= 4 is 11.7 Å². The summed E-state index contributed by atoms with van der Waals surface area (Å²) in [5, 5.41) is 11.8. The number of amides is 1. The topological polar surface area (TPSA) is 82.2 Å². The van der Waals surface area contributed by atoms with Gasteiger partial charge in [0, 0.05) is 20.1 Å². The summed E-state index contributed by atoms with van der Waals surface area (Å²) in [4.78, 5) is 16.4. The molecule has 0 aromatic carbocycles. The van der Waals surface area contributed by atoms with Crippen LogP contribution in [0.4, 0.5) is 0 Å². The molecule has 0 aromatic heterocycles. The summed E-state index contributed by atoms with van der Waals surface area (Å²) in [5.74, 6) is -0.622. The van der Waals surface area contributed by atoms with E-state index in [2.05, 4.69) is 10.1 Å². The van der Waals surface area contributed by atoms with E-state index >= 15 is 0 Å². The van der Waals surface area contributed by atoms with Gasteiger partial charge in [-0.2, -0.15) is 0 Å². The van der Waals surface area contributed by atoms with Crippen LogP contribution in [0.15, 0.2) is 5.16 Å². The minimum atomic E-state index is -0.548. The first-order valence-electron chi connectivity index (χ1n) is 6.92. The maximum absolute atomic E-state index is 12.3. The highest BCUT2D eigenvalue weighted by atomic mass is 16.4. The fourth-order valence-electron chi connectivity index (χ4n) is 2.46. The van der Waals surface area contributed by atoms with Crippen molar-refractivity contribution in [1.82, 2.24) is 9.80 Å². The second kappa shape index (κ2) is 7.33. The molecule has 1 amide bonds. The molecule has 0 aliphatic carbocycles. The van der Waals surface area contributed by atoms with Gasteiger partial charge in [-0.05, 0) is 31.8 Å². The maximum Gasteiger partial charge on any atom is 0.233 e. The Labute approximate surface area is 115 Å². The van der Waals surface area contributed by atoms with Gasteiger partial charge >= 0.3 is 0 Å². The lowest BCUT2D eigenvalue weighted by atomic mass is 9.93. The average molecular weight is 270 g/mol. The number of nitrogens with two attached hydrogens (primary N) is 1. The Bertz CT molecular complexity index is 325. The quantitative estimate of drug-likeness (QED) is 0.320. The normalized spacial score (nSPS) is 18.8. The van der Waals surface area contributed by atoms with Crippen LogP contribution in [0.1, 0.15) is 26.7 Å². The number of carbonyl (C=O) groups excluding carboxylic acids is 1. The summed E-state index contributed by atoms with van der Waals surface area (Å²) in [6.07, 6.45) is 2.49. The van der Waals surface area contributed by atoms with Gasteiger partial charge in [0.15, 0.2) is 5.84 Å². The van der Waals surface area contributed by atoms with Gasteiger partial charge < -0.3 is 20.7 Å². The molecule has 0 aromatic rings. The van der Waals surface area contributed by atoms with E-state index in [9.17, 15) is 4.79 Å². The molecule has 1 aliphatic heterocycles. The molecule has 3 N–H and O–H groups in total. The molecule has 19 heavy (non-hydrogen) atoms. The molecule has 0 spiro atoms. The zero-order valence-electron chi connectivity index (χ0n) is 12.2. The van der Waals surface area contributed by atoms with Crippen molar-refractivity contribution in [1.29, 1.82) is 0 Å². The van der Waals surface area contributed by atoms with Gasteiger partial charge in [0.25, 0.3) is 0 Å². The molecule has 1 saturated heterocycles. The molecule has 1 unspecified atom stereocenters. The number of nitrogens with zero attached hydrogens (tertiary/aromatic N) is 3. The van der Waals surface area contributed by atoms with E-state index in [1.807, 2.05) is 13.8 Å². The van der Waals surface area contributed by atoms with Crippen LogP contribution in [0.2, 0.25) is 0 Å². The Balaban J connectivity index is 2.53. The number of hydrogen-bond acceptors (Lipinski definition) is 4. The van der Waals surface area contributed by atoms with Crippen LogP contribution in [0.25, 0.3) is 0 Å². The standard InChI is InChI=1S/C13H26N4O2/c1-10(2)11(12(14)15-19)13(18)16(3)8-9-17-6-4-5-7-17/h10-11,19H,4-9H2,1-3H3,(H2,14,15). The Kier molecular flexibility index (Phi) is 6.08. The summed E-state index contributed by atoms with van der Waals surface area (Å²) in [6, 6.07) is 0. The zero-order valence-corrected chi connectivity index (χ0v) is 12.2. The average Bonchev–Trinajstić information content (AvgIpc) is 2.88. The second-order valence-corrected chi connectivity index (χ2v) is 5.56. The van der Waals surface area contributed by atoms with Crippen molar-refractivity contribution in [2.75, 3.05) is 33.2 Å². The van der Waals surface area contributed by atoms with Crippen LogP contribution in [-0.4, -0.2) is 60.0 Å². The highest BCUT2D eigenvalue weighted by Gasteiger charge is 2.29. The summed E-state index contributed by atoms with van der Waals surface area (Å²) in [7, 11) is 1.78. The third-order valence-electron chi connectivity index (χ3n) is 3.69. The van der Waals surface area contributed by atoms with Gasteiger partial charge in [0.2, 0.25) is 5.91 Å². The Morgan fingerprint density at radius 3 is 2.47 bits per heavy atom. The van der Waals surface area contributed by atoms with Gasteiger partial charge in [0.1, 0.15) is 5.92 Å². The molecular formula is C13H26N4O2. The highest BCUT2D eigenvalue weighted by molar-refractivity contribution is 6.02. The number of likely N-dealkylation sites (N-methyl/N-ethyl adjacent to an activating group) is 1. The molecule has 1 heterocycles. The van der Waals surface area contributed by atoms with Gasteiger partial charge in [-0.3, -0.25) is 4.79 Å². The van der Waals surface area contributed by atoms with Crippen molar-refractivity contribution < 1.29 is 10.0 Å². The third kappa shape index (κ3) is 4.38. The number of carbonyl (C=O) groups is 1. The van der Waals surface area contributed by atoms with Crippen molar-refractivity contribution in [3.8, 4) is 0 Å². The fraction of sp³-hybridized carbons (Fsp3) is 0.846. The summed E-state index contributed by atoms with van der Waals surface area (Å²) in [6.45, 7) is 7.61. The van der Waals surface area contributed by atoms with E-state index in [0.717, 1.165) is 19.6 Å². The first-order valence-corrected chi connectivity index (χ1v) is 6.92. The minimum Gasteiger partial charge on any atom is -0.409 e. The smallest absolute Gasteiger partial charge is 0.233 e. The van der Waals surface area contributed by atoms with Crippen molar-refractivity contribution in [3.63, 3.8) is 0 Å². The van der Waals surface area contributed by atoms with Crippen molar-refractivity contribution in [2.45, 2.75) is 26.7 Å². The van der Waals surface area contributed by atoms with Crippen LogP contribution in [0.5, 0.6) is 0 Å². The predicted octanol–water partition coefficient (Wildman–Crippen LogP) is 0.559.